The van der Waals surface area contributed by atoms with Gasteiger partial charge in [0.05, 0.1) is 26.5 Å². The molecule has 3 atom stereocenters. The van der Waals surface area contributed by atoms with E-state index >= 15 is 0 Å². The molecule has 3 amide bonds. The molecule has 3 heterocycles. The maximum absolute atomic E-state index is 13.7. The number of anilines is 1. The minimum Gasteiger partial charge on any atom is -0.497 e. The molecule has 0 aromatic heterocycles. The van der Waals surface area contributed by atoms with Crippen molar-refractivity contribution in [2.75, 3.05) is 39.3 Å². The molecule has 0 saturated carbocycles. The first-order valence-electron chi connectivity index (χ1n) is 11.6. The van der Waals surface area contributed by atoms with Crippen LogP contribution in [0.25, 0.3) is 0 Å². The Morgan fingerprint density at radius 1 is 1.03 bits per heavy atom. The fraction of sp³-hybridized carbons (Fsp3) is 0.440. The van der Waals surface area contributed by atoms with Crippen molar-refractivity contribution in [3.63, 3.8) is 0 Å². The minimum atomic E-state index is -0.454. The number of carbonyl (C=O) groups excluding carboxylic acids is 2. The Balaban J connectivity index is 1.44. The average molecular weight is 466 g/mol. The summed E-state index contributed by atoms with van der Waals surface area (Å²) in [4.78, 5) is 34.3. The minimum absolute atomic E-state index is 0.160. The number of hydrogen-bond acceptors (Lipinski definition) is 7. The Morgan fingerprint density at radius 3 is 2.50 bits per heavy atom. The smallest absolute Gasteiger partial charge is 0.328 e. The van der Waals surface area contributed by atoms with Crippen LogP contribution in [0.4, 0.5) is 10.5 Å². The number of hydrogen-bond donors (Lipinski definition) is 1. The van der Waals surface area contributed by atoms with Crippen LogP contribution >= 0.6 is 0 Å². The number of imide groups is 1. The van der Waals surface area contributed by atoms with Crippen LogP contribution in [0.2, 0.25) is 0 Å². The molecule has 3 aliphatic rings. The van der Waals surface area contributed by atoms with Crippen molar-refractivity contribution in [2.45, 2.75) is 38.4 Å². The van der Waals surface area contributed by atoms with Gasteiger partial charge in [-0.3, -0.25) is 19.9 Å². The van der Waals surface area contributed by atoms with Gasteiger partial charge in [0.25, 0.3) is 5.91 Å². The topological polar surface area (TPSA) is 77.6 Å². The predicted molar refractivity (Wildman–Crippen MR) is 128 cm³/mol. The largest absolute Gasteiger partial charge is 0.497 e. The molecule has 3 fully saturated rings. The van der Waals surface area contributed by atoms with Gasteiger partial charge in [-0.05, 0) is 31.0 Å². The van der Waals surface area contributed by atoms with E-state index in [1.165, 1.54) is 4.90 Å². The summed E-state index contributed by atoms with van der Waals surface area (Å²) in [6, 6.07) is 12.9. The Bertz CT molecular complexity index is 1090. The van der Waals surface area contributed by atoms with Crippen molar-refractivity contribution in [1.82, 2.24) is 20.0 Å². The first-order valence-corrected chi connectivity index (χ1v) is 11.6. The highest BCUT2D eigenvalue weighted by Gasteiger charge is 2.56. The second kappa shape index (κ2) is 8.81. The molecular formula is C25H31N5O4. The number of carbonyl (C=O) groups is 2. The molecule has 0 spiro atoms. The highest BCUT2D eigenvalue weighted by molar-refractivity contribution is 6.00. The summed E-state index contributed by atoms with van der Waals surface area (Å²) >= 11 is 0. The van der Waals surface area contributed by atoms with Crippen LogP contribution in [0.1, 0.15) is 17.5 Å². The summed E-state index contributed by atoms with van der Waals surface area (Å²) in [6.45, 7) is 3.85. The van der Waals surface area contributed by atoms with Gasteiger partial charge in [-0.1, -0.05) is 29.8 Å². The third-order valence-corrected chi connectivity index (χ3v) is 7.03. The van der Waals surface area contributed by atoms with E-state index < -0.39 is 12.2 Å². The van der Waals surface area contributed by atoms with Crippen LogP contribution < -0.4 is 19.7 Å². The Hall–Kier alpha value is -3.30. The molecule has 5 rings (SSSR count). The number of nitrogens with one attached hydrogen (secondary N) is 1. The van der Waals surface area contributed by atoms with E-state index in [9.17, 15) is 9.59 Å². The number of benzene rings is 2. The van der Waals surface area contributed by atoms with E-state index in [0.29, 0.717) is 5.75 Å². The third-order valence-electron chi connectivity index (χ3n) is 7.03. The quantitative estimate of drug-likeness (QED) is 0.725. The van der Waals surface area contributed by atoms with E-state index in [0.717, 1.165) is 42.1 Å². The van der Waals surface area contributed by atoms with Gasteiger partial charge < -0.3 is 19.3 Å². The van der Waals surface area contributed by atoms with Crippen LogP contribution in [-0.4, -0.2) is 79.5 Å². The number of nitrogens with zero attached hydrogens (tertiary/aromatic N) is 4. The van der Waals surface area contributed by atoms with Crippen LogP contribution in [0.5, 0.6) is 11.5 Å². The Labute approximate surface area is 199 Å². The van der Waals surface area contributed by atoms with Crippen molar-refractivity contribution in [1.29, 1.82) is 0 Å². The highest BCUT2D eigenvalue weighted by Crippen LogP contribution is 2.38. The molecule has 0 bridgehead atoms. The molecule has 1 N–H and O–H groups in total. The highest BCUT2D eigenvalue weighted by atomic mass is 16.5. The number of rotatable bonds is 5. The number of aryl methyl sites for hydroxylation is 1. The second-order valence-corrected chi connectivity index (χ2v) is 9.06. The first-order chi connectivity index (χ1) is 16.4. The standard InChI is InChI=1S/C25H31N5O4/c1-16-6-8-17(9-7-16)15-30-23(31)21-22(27(2)25(30)32)26-24-28(12-5-13-29(21)24)19-11-10-18(33-3)14-20(19)34-4/h6-11,14,21-22,24,26H,5,12-13,15H2,1-4H3. The summed E-state index contributed by atoms with van der Waals surface area (Å²) in [5.74, 6) is 1.26. The molecule has 34 heavy (non-hydrogen) atoms. The van der Waals surface area contributed by atoms with Crippen molar-refractivity contribution < 1.29 is 19.1 Å². The van der Waals surface area contributed by atoms with Crippen LogP contribution in [0.15, 0.2) is 42.5 Å². The van der Waals surface area contributed by atoms with Crippen LogP contribution in [0, 0.1) is 6.92 Å². The Morgan fingerprint density at radius 2 is 1.79 bits per heavy atom. The summed E-state index contributed by atoms with van der Waals surface area (Å²) in [6.07, 6.45) is 0.258. The van der Waals surface area contributed by atoms with Crippen molar-refractivity contribution in [3.8, 4) is 11.5 Å². The van der Waals surface area contributed by atoms with Crippen LogP contribution in [0.3, 0.4) is 0 Å². The van der Waals surface area contributed by atoms with E-state index in [4.69, 9.17) is 9.47 Å². The summed E-state index contributed by atoms with van der Waals surface area (Å²) in [5.41, 5.74) is 2.99. The molecule has 3 saturated heterocycles. The normalized spacial score (nSPS) is 24.8. The van der Waals surface area contributed by atoms with E-state index in [2.05, 4.69) is 15.1 Å². The zero-order valence-corrected chi connectivity index (χ0v) is 20.0. The monoisotopic (exact) mass is 465 g/mol. The van der Waals surface area contributed by atoms with Gasteiger partial charge in [0.1, 0.15) is 30.0 Å². The maximum Gasteiger partial charge on any atom is 0.328 e. The fourth-order valence-corrected chi connectivity index (χ4v) is 5.21. The summed E-state index contributed by atoms with van der Waals surface area (Å²) in [5, 5.41) is 3.55. The lowest BCUT2D eigenvalue weighted by molar-refractivity contribution is -0.139. The zero-order chi connectivity index (χ0) is 24.0. The molecule has 2 aromatic carbocycles. The second-order valence-electron chi connectivity index (χ2n) is 9.06. The van der Waals surface area contributed by atoms with E-state index in [-0.39, 0.29) is 24.8 Å². The number of methoxy groups -OCH3 is 2. The molecule has 3 unspecified atom stereocenters. The SMILES string of the molecule is COc1ccc(N2CCCN3C4C(=O)N(Cc5ccc(C)cc5)C(=O)N(C)C4NC23)c(OC)c1. The Kier molecular flexibility index (Phi) is 5.83. The van der Waals surface area contributed by atoms with E-state index in [1.807, 2.05) is 49.4 Å². The number of amides is 3. The van der Waals surface area contributed by atoms with Crippen LogP contribution in [-0.2, 0) is 11.3 Å². The lowest BCUT2D eigenvalue weighted by atomic mass is 10.1. The molecule has 0 radical (unpaired) electrons. The molecule has 2 aromatic rings. The lowest BCUT2D eigenvalue weighted by Gasteiger charge is -2.44. The lowest BCUT2D eigenvalue weighted by Crippen LogP contribution is -2.66. The third kappa shape index (κ3) is 3.65. The van der Waals surface area contributed by atoms with Gasteiger partial charge in [-0.15, -0.1) is 0 Å². The van der Waals surface area contributed by atoms with E-state index in [1.54, 1.807) is 26.2 Å². The van der Waals surface area contributed by atoms with Crippen molar-refractivity contribution >= 4 is 17.6 Å². The number of fused-ring (bicyclic) bond motifs is 3. The zero-order valence-electron chi connectivity index (χ0n) is 20.0. The number of likely N-dealkylation sites (N-methyl/N-ethyl adjacent to an activating group) is 1. The molecule has 3 aliphatic heterocycles. The molecule has 9 nitrogen and oxygen atoms in total. The van der Waals surface area contributed by atoms with Gasteiger partial charge in [-0.25, -0.2) is 4.79 Å². The molecule has 0 aliphatic carbocycles. The molecule has 180 valence electrons. The molecular weight excluding hydrogens is 434 g/mol. The van der Waals surface area contributed by atoms with Gasteiger partial charge in [0, 0.05) is 26.2 Å². The summed E-state index contributed by atoms with van der Waals surface area (Å²) < 4.78 is 11.0. The maximum atomic E-state index is 13.7. The number of ether oxygens (including phenoxy) is 2. The van der Waals surface area contributed by atoms with Crippen molar-refractivity contribution in [3.05, 3.63) is 53.6 Å². The van der Waals surface area contributed by atoms with Gasteiger partial charge >= 0.3 is 6.03 Å². The first kappa shape index (κ1) is 22.5. The average Bonchev–Trinajstić information content (AvgIpc) is 3.26. The molecule has 9 heteroatoms. The van der Waals surface area contributed by atoms with Crippen molar-refractivity contribution in [2.24, 2.45) is 0 Å². The summed E-state index contributed by atoms with van der Waals surface area (Å²) in [7, 11) is 5.03. The predicted octanol–water partition coefficient (Wildman–Crippen LogP) is 2.20. The fourth-order valence-electron chi connectivity index (χ4n) is 5.21. The van der Waals surface area contributed by atoms with Gasteiger partial charge in [0.2, 0.25) is 0 Å². The number of urea groups is 1. The van der Waals surface area contributed by atoms with Gasteiger partial charge in [0.15, 0.2) is 0 Å². The van der Waals surface area contributed by atoms with Gasteiger partial charge in [-0.2, -0.15) is 0 Å².